The Kier molecular flexibility index (Phi) is 5.74. The van der Waals surface area contributed by atoms with Gasteiger partial charge in [-0.3, -0.25) is 14.6 Å². The first-order valence-corrected chi connectivity index (χ1v) is 10.3. The van der Waals surface area contributed by atoms with Gasteiger partial charge in [-0.05, 0) is 43.9 Å². The highest BCUT2D eigenvalue weighted by Crippen LogP contribution is 2.25. The molecule has 1 N–H and O–H groups in total. The molecule has 7 heteroatoms. The van der Waals surface area contributed by atoms with Crippen LogP contribution in [0.2, 0.25) is 0 Å². The molecule has 2 saturated heterocycles. The molecule has 7 nitrogen and oxygen atoms in total. The Balaban J connectivity index is 1.30. The molecule has 4 rings (SSSR count). The van der Waals surface area contributed by atoms with Gasteiger partial charge in [0.1, 0.15) is 5.82 Å². The quantitative estimate of drug-likeness (QED) is 0.845. The van der Waals surface area contributed by atoms with Crippen molar-refractivity contribution in [1.29, 1.82) is 0 Å². The van der Waals surface area contributed by atoms with Crippen LogP contribution in [0.15, 0.2) is 42.9 Å². The Morgan fingerprint density at radius 2 is 1.90 bits per heavy atom. The van der Waals surface area contributed by atoms with Crippen molar-refractivity contribution in [3.63, 3.8) is 0 Å². The molecule has 2 amide bonds. The number of amides is 2. The zero-order valence-electron chi connectivity index (χ0n) is 16.8. The van der Waals surface area contributed by atoms with Crippen LogP contribution >= 0.6 is 0 Å². The molecular weight excluding hydrogens is 366 g/mol. The number of hydrogen-bond donors (Lipinski definition) is 1. The Morgan fingerprint density at radius 3 is 2.52 bits per heavy atom. The third-order valence-electron chi connectivity index (χ3n) is 5.88. The topological polar surface area (TPSA) is 78.4 Å². The van der Waals surface area contributed by atoms with E-state index in [2.05, 4.69) is 20.2 Å². The molecular formula is C22H27N5O2. The van der Waals surface area contributed by atoms with Gasteiger partial charge in [0, 0.05) is 50.1 Å². The number of rotatable bonds is 5. The number of carbonyl (C=O) groups excluding carboxylic acids is 2. The van der Waals surface area contributed by atoms with E-state index in [9.17, 15) is 9.59 Å². The Hall–Kier alpha value is -2.96. The molecule has 0 bridgehead atoms. The molecule has 3 heterocycles. The maximum atomic E-state index is 12.7. The molecule has 0 unspecified atom stereocenters. The summed E-state index contributed by atoms with van der Waals surface area (Å²) in [6.07, 6.45) is 8.30. The van der Waals surface area contributed by atoms with Gasteiger partial charge in [0.2, 0.25) is 11.8 Å². The highest BCUT2D eigenvalue weighted by Gasteiger charge is 2.27. The molecule has 2 aromatic rings. The summed E-state index contributed by atoms with van der Waals surface area (Å²) in [6, 6.07) is 7.88. The lowest BCUT2D eigenvalue weighted by Gasteiger charge is -2.32. The number of benzene rings is 1. The first-order chi connectivity index (χ1) is 14.1. The monoisotopic (exact) mass is 393 g/mol. The zero-order valence-corrected chi connectivity index (χ0v) is 16.8. The van der Waals surface area contributed by atoms with Crippen molar-refractivity contribution in [3.8, 4) is 0 Å². The molecule has 2 fully saturated rings. The minimum Gasteiger partial charge on any atom is -0.355 e. The highest BCUT2D eigenvalue weighted by atomic mass is 16.2. The number of nitrogens with one attached hydrogen (secondary N) is 1. The number of carbonyl (C=O) groups is 2. The lowest BCUT2D eigenvalue weighted by molar-refractivity contribution is -0.126. The minimum atomic E-state index is -0.0659. The zero-order chi connectivity index (χ0) is 20.2. The summed E-state index contributed by atoms with van der Waals surface area (Å²) in [7, 11) is 0. The second-order valence-corrected chi connectivity index (χ2v) is 7.80. The Labute approximate surface area is 171 Å². The van der Waals surface area contributed by atoms with Gasteiger partial charge < -0.3 is 15.1 Å². The molecule has 2 aliphatic heterocycles. The lowest BCUT2D eigenvalue weighted by Crippen LogP contribution is -2.41. The van der Waals surface area contributed by atoms with Gasteiger partial charge in [0.15, 0.2) is 0 Å². The van der Waals surface area contributed by atoms with Crippen molar-refractivity contribution in [2.45, 2.75) is 38.6 Å². The van der Waals surface area contributed by atoms with Crippen LogP contribution in [-0.4, -0.2) is 41.4 Å². The van der Waals surface area contributed by atoms with Crippen LogP contribution in [0.25, 0.3) is 0 Å². The van der Waals surface area contributed by atoms with Crippen molar-refractivity contribution in [1.82, 2.24) is 15.3 Å². The number of hydrogen-bond acceptors (Lipinski definition) is 5. The number of piperidine rings is 1. The second kappa shape index (κ2) is 8.59. The van der Waals surface area contributed by atoms with Gasteiger partial charge in [-0.25, -0.2) is 4.98 Å². The van der Waals surface area contributed by atoms with E-state index in [1.165, 1.54) is 0 Å². The third kappa shape index (κ3) is 4.39. The molecule has 2 aliphatic rings. The molecule has 1 aromatic heterocycles. The van der Waals surface area contributed by atoms with Crippen molar-refractivity contribution in [2.75, 3.05) is 29.4 Å². The van der Waals surface area contributed by atoms with E-state index < -0.39 is 0 Å². The fourth-order valence-electron chi connectivity index (χ4n) is 4.10. The average Bonchev–Trinajstić information content (AvgIpc) is 3.20. The van der Waals surface area contributed by atoms with Gasteiger partial charge >= 0.3 is 0 Å². The second-order valence-electron chi connectivity index (χ2n) is 7.80. The molecule has 29 heavy (non-hydrogen) atoms. The van der Waals surface area contributed by atoms with Crippen LogP contribution < -0.4 is 15.1 Å². The average molecular weight is 393 g/mol. The van der Waals surface area contributed by atoms with Crippen LogP contribution in [-0.2, 0) is 9.59 Å². The fourth-order valence-corrected chi connectivity index (χ4v) is 4.10. The number of nitrogens with zero attached hydrogens (tertiary/aromatic N) is 4. The van der Waals surface area contributed by atoms with Gasteiger partial charge in [0.25, 0.3) is 0 Å². The summed E-state index contributed by atoms with van der Waals surface area (Å²) in [6.45, 7) is 4.41. The largest absolute Gasteiger partial charge is 0.355 e. The summed E-state index contributed by atoms with van der Waals surface area (Å²) < 4.78 is 0. The fraction of sp³-hybridized carbons (Fsp3) is 0.455. The van der Waals surface area contributed by atoms with Crippen LogP contribution in [0.5, 0.6) is 0 Å². The SMILES string of the molecule is C[C@H](NC(=O)C1CCN(c2cnccn2)CC1)c1ccc(N2CCCC2=O)cc1. The predicted octanol–water partition coefficient (Wildman–Crippen LogP) is 2.70. The number of anilines is 2. The standard InChI is InChI=1S/C22H27N5O2/c1-16(17-4-6-19(7-5-17)27-12-2-3-21(27)28)25-22(29)18-8-13-26(14-9-18)20-15-23-10-11-24-20/h4-7,10-11,15-16,18H,2-3,8-9,12-14H2,1H3,(H,25,29)/t16-/m0/s1. The van der Waals surface area contributed by atoms with E-state index in [1.54, 1.807) is 18.6 Å². The Bertz CT molecular complexity index is 847. The van der Waals surface area contributed by atoms with E-state index in [0.717, 1.165) is 56.0 Å². The van der Waals surface area contributed by atoms with Gasteiger partial charge in [0.05, 0.1) is 12.2 Å². The lowest BCUT2D eigenvalue weighted by atomic mass is 9.95. The smallest absolute Gasteiger partial charge is 0.227 e. The summed E-state index contributed by atoms with van der Waals surface area (Å²) >= 11 is 0. The molecule has 1 atom stereocenters. The highest BCUT2D eigenvalue weighted by molar-refractivity contribution is 5.95. The van der Waals surface area contributed by atoms with Crippen molar-refractivity contribution in [3.05, 3.63) is 48.4 Å². The summed E-state index contributed by atoms with van der Waals surface area (Å²) in [4.78, 5) is 37.1. The first-order valence-electron chi connectivity index (χ1n) is 10.3. The summed E-state index contributed by atoms with van der Waals surface area (Å²) in [5.74, 6) is 1.19. The molecule has 0 saturated carbocycles. The van der Waals surface area contributed by atoms with E-state index in [-0.39, 0.29) is 23.8 Å². The van der Waals surface area contributed by atoms with E-state index in [4.69, 9.17) is 0 Å². The molecule has 1 aromatic carbocycles. The van der Waals surface area contributed by atoms with Crippen LogP contribution in [0.1, 0.15) is 44.2 Å². The molecule has 0 radical (unpaired) electrons. The van der Waals surface area contributed by atoms with Gasteiger partial charge in [-0.1, -0.05) is 12.1 Å². The predicted molar refractivity (Wildman–Crippen MR) is 112 cm³/mol. The minimum absolute atomic E-state index is 0.0202. The molecule has 152 valence electrons. The van der Waals surface area contributed by atoms with E-state index >= 15 is 0 Å². The van der Waals surface area contributed by atoms with Crippen LogP contribution in [0.4, 0.5) is 11.5 Å². The molecule has 0 aliphatic carbocycles. The number of aromatic nitrogens is 2. The summed E-state index contributed by atoms with van der Waals surface area (Å²) in [5, 5.41) is 3.15. The first kappa shape index (κ1) is 19.4. The summed E-state index contributed by atoms with van der Waals surface area (Å²) in [5.41, 5.74) is 1.98. The maximum absolute atomic E-state index is 12.7. The van der Waals surface area contributed by atoms with Gasteiger partial charge in [-0.15, -0.1) is 0 Å². The van der Waals surface area contributed by atoms with Crippen molar-refractivity contribution >= 4 is 23.3 Å². The molecule has 0 spiro atoms. The Morgan fingerprint density at radius 1 is 1.14 bits per heavy atom. The van der Waals surface area contributed by atoms with Crippen molar-refractivity contribution < 1.29 is 9.59 Å². The maximum Gasteiger partial charge on any atom is 0.227 e. The normalized spacial score (nSPS) is 18.7. The van der Waals surface area contributed by atoms with E-state index in [0.29, 0.717) is 6.42 Å². The van der Waals surface area contributed by atoms with Crippen molar-refractivity contribution in [2.24, 2.45) is 5.92 Å². The van der Waals surface area contributed by atoms with Crippen LogP contribution in [0.3, 0.4) is 0 Å². The van der Waals surface area contributed by atoms with Gasteiger partial charge in [-0.2, -0.15) is 0 Å². The van der Waals surface area contributed by atoms with E-state index in [1.807, 2.05) is 36.1 Å². The third-order valence-corrected chi connectivity index (χ3v) is 5.88. The van der Waals surface area contributed by atoms with Crippen LogP contribution in [0, 0.1) is 5.92 Å².